The number of benzene rings is 2. The molecule has 10 heteroatoms. The van der Waals surface area contributed by atoms with Crippen LogP contribution in [0.4, 0.5) is 10.1 Å². The van der Waals surface area contributed by atoms with Crippen LogP contribution in [0.25, 0.3) is 0 Å². The Morgan fingerprint density at radius 3 is 2.42 bits per heavy atom. The van der Waals surface area contributed by atoms with Crippen molar-refractivity contribution in [1.82, 2.24) is 15.0 Å². The second-order valence-electron chi connectivity index (χ2n) is 6.79. The summed E-state index contributed by atoms with van der Waals surface area (Å²) >= 11 is 0. The van der Waals surface area contributed by atoms with Crippen molar-refractivity contribution in [3.63, 3.8) is 0 Å². The van der Waals surface area contributed by atoms with E-state index >= 15 is 0 Å². The molecular formula is C21H21FN4O5. The third kappa shape index (κ3) is 4.02. The highest BCUT2D eigenvalue weighted by Crippen LogP contribution is 2.40. The number of carbonyl (C=O) groups is 1. The maximum Gasteiger partial charge on any atom is 0.278 e. The highest BCUT2D eigenvalue weighted by atomic mass is 19.1. The van der Waals surface area contributed by atoms with E-state index in [-0.39, 0.29) is 24.2 Å². The number of amides is 1. The molecule has 1 aliphatic heterocycles. The van der Waals surface area contributed by atoms with Crippen molar-refractivity contribution in [2.75, 3.05) is 26.6 Å². The van der Waals surface area contributed by atoms with Gasteiger partial charge in [-0.2, -0.15) is 0 Å². The van der Waals surface area contributed by atoms with Crippen molar-refractivity contribution >= 4 is 11.6 Å². The fraction of sp³-hybridized carbons (Fsp3) is 0.286. The summed E-state index contributed by atoms with van der Waals surface area (Å²) in [5.74, 6) is 0.482. The summed E-state index contributed by atoms with van der Waals surface area (Å²) in [6, 6.07) is 9.34. The Morgan fingerprint density at radius 2 is 1.81 bits per heavy atom. The quantitative estimate of drug-likeness (QED) is 0.645. The molecule has 0 spiro atoms. The zero-order valence-corrected chi connectivity index (χ0v) is 17.2. The second kappa shape index (κ2) is 8.60. The van der Waals surface area contributed by atoms with E-state index < -0.39 is 5.91 Å². The fourth-order valence-electron chi connectivity index (χ4n) is 3.41. The van der Waals surface area contributed by atoms with E-state index in [1.165, 1.54) is 33.5 Å². The lowest BCUT2D eigenvalue weighted by Gasteiger charge is -2.24. The first-order valence-corrected chi connectivity index (χ1v) is 9.44. The number of carbonyl (C=O) groups excluding carboxylic acids is 1. The Hall–Kier alpha value is -3.66. The van der Waals surface area contributed by atoms with E-state index in [9.17, 15) is 9.18 Å². The fourth-order valence-corrected chi connectivity index (χ4v) is 3.41. The molecule has 0 saturated carbocycles. The van der Waals surface area contributed by atoms with Crippen LogP contribution in [-0.2, 0) is 17.9 Å². The maximum atomic E-state index is 13.2. The summed E-state index contributed by atoms with van der Waals surface area (Å²) < 4.78 is 36.6. The molecule has 9 nitrogen and oxygen atoms in total. The van der Waals surface area contributed by atoms with E-state index in [1.807, 2.05) is 0 Å². The minimum atomic E-state index is -0.445. The van der Waals surface area contributed by atoms with Gasteiger partial charge in [0, 0.05) is 17.8 Å². The first kappa shape index (κ1) is 20.6. The summed E-state index contributed by atoms with van der Waals surface area (Å²) in [7, 11) is 4.49. The molecule has 1 unspecified atom stereocenters. The van der Waals surface area contributed by atoms with Gasteiger partial charge in [-0.3, -0.25) is 4.79 Å². The molecule has 0 bridgehead atoms. The topological polar surface area (TPSA) is 96.7 Å². The van der Waals surface area contributed by atoms with Gasteiger partial charge in [0.25, 0.3) is 5.91 Å². The number of nitrogens with one attached hydrogen (secondary N) is 1. The van der Waals surface area contributed by atoms with Gasteiger partial charge >= 0.3 is 0 Å². The number of ether oxygens (including phenoxy) is 4. The molecule has 31 heavy (non-hydrogen) atoms. The van der Waals surface area contributed by atoms with Gasteiger partial charge in [-0.15, -0.1) is 5.10 Å². The van der Waals surface area contributed by atoms with Gasteiger partial charge < -0.3 is 24.3 Å². The molecule has 2 heterocycles. The molecule has 2 aromatic carbocycles. The standard InChI is InChI=1S/C21H21FN4O5/c1-28-16-8-14(9-17(29-2)20(16)30-3)23-21(27)19-15-11-31-18(10-26(15)25-24-19)12-4-6-13(22)7-5-12/h4-9,18H,10-11H2,1-3H3,(H,23,27). The number of methoxy groups -OCH3 is 3. The summed E-state index contributed by atoms with van der Waals surface area (Å²) in [6.07, 6.45) is -0.305. The van der Waals surface area contributed by atoms with Gasteiger partial charge in [-0.25, -0.2) is 9.07 Å². The van der Waals surface area contributed by atoms with Crippen LogP contribution in [0.2, 0.25) is 0 Å². The highest BCUT2D eigenvalue weighted by molar-refractivity contribution is 6.03. The molecule has 0 aliphatic carbocycles. The minimum absolute atomic E-state index is 0.146. The molecule has 162 valence electrons. The number of anilines is 1. The summed E-state index contributed by atoms with van der Waals surface area (Å²) in [5.41, 5.74) is 1.99. The van der Waals surface area contributed by atoms with Gasteiger partial charge in [0.05, 0.1) is 40.2 Å². The van der Waals surface area contributed by atoms with E-state index in [1.54, 1.807) is 28.9 Å². The van der Waals surface area contributed by atoms with Crippen LogP contribution >= 0.6 is 0 Å². The number of aromatic nitrogens is 3. The number of fused-ring (bicyclic) bond motifs is 1. The smallest absolute Gasteiger partial charge is 0.278 e. The third-order valence-corrected chi connectivity index (χ3v) is 4.98. The maximum absolute atomic E-state index is 13.2. The van der Waals surface area contributed by atoms with Crippen molar-refractivity contribution < 1.29 is 28.1 Å². The van der Waals surface area contributed by atoms with E-state index in [0.717, 1.165) is 5.56 Å². The Bertz CT molecular complexity index is 1070. The van der Waals surface area contributed by atoms with E-state index in [4.69, 9.17) is 18.9 Å². The summed E-state index contributed by atoms with van der Waals surface area (Å²) in [5, 5.41) is 10.9. The van der Waals surface area contributed by atoms with Crippen molar-refractivity contribution in [1.29, 1.82) is 0 Å². The third-order valence-electron chi connectivity index (χ3n) is 4.98. The van der Waals surface area contributed by atoms with Crippen molar-refractivity contribution in [3.05, 3.63) is 59.2 Å². The van der Waals surface area contributed by atoms with Gasteiger partial charge in [-0.1, -0.05) is 17.3 Å². The van der Waals surface area contributed by atoms with Crippen LogP contribution in [0.1, 0.15) is 27.8 Å². The van der Waals surface area contributed by atoms with Crippen LogP contribution in [0.3, 0.4) is 0 Å². The van der Waals surface area contributed by atoms with Crippen molar-refractivity contribution in [2.24, 2.45) is 0 Å². The molecule has 1 atom stereocenters. The molecule has 1 amide bonds. The molecule has 4 rings (SSSR count). The predicted octanol–water partition coefficient (Wildman–Crippen LogP) is 2.97. The number of nitrogens with zero attached hydrogens (tertiary/aromatic N) is 3. The number of rotatable bonds is 6. The zero-order valence-electron chi connectivity index (χ0n) is 17.2. The Labute approximate surface area is 177 Å². The van der Waals surface area contributed by atoms with Gasteiger partial charge in [0.15, 0.2) is 17.2 Å². The molecule has 1 N–H and O–H groups in total. The van der Waals surface area contributed by atoms with Crippen LogP contribution in [-0.4, -0.2) is 42.2 Å². The van der Waals surface area contributed by atoms with Crippen LogP contribution in [0, 0.1) is 5.82 Å². The lowest BCUT2D eigenvalue weighted by Crippen LogP contribution is -2.24. The van der Waals surface area contributed by atoms with Crippen molar-refractivity contribution in [2.45, 2.75) is 19.3 Å². The molecule has 0 saturated heterocycles. The van der Waals surface area contributed by atoms with E-state index in [2.05, 4.69) is 15.6 Å². The second-order valence-corrected chi connectivity index (χ2v) is 6.79. The van der Waals surface area contributed by atoms with Crippen LogP contribution in [0.5, 0.6) is 17.2 Å². The Kier molecular flexibility index (Phi) is 5.72. The van der Waals surface area contributed by atoms with Gasteiger partial charge in [0.2, 0.25) is 5.75 Å². The monoisotopic (exact) mass is 428 g/mol. The number of hydrogen-bond acceptors (Lipinski definition) is 7. The van der Waals surface area contributed by atoms with Crippen LogP contribution < -0.4 is 19.5 Å². The summed E-state index contributed by atoms with van der Waals surface area (Å²) in [6.45, 7) is 0.512. The first-order valence-electron chi connectivity index (χ1n) is 9.44. The lowest BCUT2D eigenvalue weighted by molar-refractivity contribution is -0.00174. The number of halogens is 1. The molecule has 0 fully saturated rings. The molecule has 3 aromatic rings. The average molecular weight is 428 g/mol. The minimum Gasteiger partial charge on any atom is -0.493 e. The molecule has 1 aromatic heterocycles. The van der Waals surface area contributed by atoms with E-state index in [0.29, 0.717) is 35.2 Å². The van der Waals surface area contributed by atoms with Crippen LogP contribution in [0.15, 0.2) is 36.4 Å². The predicted molar refractivity (Wildman–Crippen MR) is 108 cm³/mol. The normalized spacial score (nSPS) is 15.2. The Morgan fingerprint density at radius 1 is 1.13 bits per heavy atom. The first-order chi connectivity index (χ1) is 15.0. The zero-order chi connectivity index (χ0) is 22.0. The number of hydrogen-bond donors (Lipinski definition) is 1. The van der Waals surface area contributed by atoms with Gasteiger partial charge in [0.1, 0.15) is 11.9 Å². The Balaban J connectivity index is 1.53. The van der Waals surface area contributed by atoms with Gasteiger partial charge in [-0.05, 0) is 17.7 Å². The molecule has 1 aliphatic rings. The average Bonchev–Trinajstić information content (AvgIpc) is 3.22. The molecular weight excluding hydrogens is 407 g/mol. The SMILES string of the molecule is COc1cc(NC(=O)c2nnn3c2COC(c2ccc(F)cc2)C3)cc(OC)c1OC. The largest absolute Gasteiger partial charge is 0.493 e. The summed E-state index contributed by atoms with van der Waals surface area (Å²) in [4.78, 5) is 12.9. The molecule has 0 radical (unpaired) electrons. The lowest BCUT2D eigenvalue weighted by atomic mass is 10.1. The van der Waals surface area contributed by atoms with Crippen molar-refractivity contribution in [3.8, 4) is 17.2 Å². The highest BCUT2D eigenvalue weighted by Gasteiger charge is 2.28.